The summed E-state index contributed by atoms with van der Waals surface area (Å²) in [5.41, 5.74) is 1.16. The van der Waals surface area contributed by atoms with Crippen LogP contribution in [0.3, 0.4) is 0 Å². The van der Waals surface area contributed by atoms with Crippen molar-refractivity contribution in [1.29, 1.82) is 0 Å². The molecule has 3 nitrogen and oxygen atoms in total. The first-order chi connectivity index (χ1) is 7.75. The second-order valence-corrected chi connectivity index (χ2v) is 3.96. The van der Waals surface area contributed by atoms with E-state index in [-0.39, 0.29) is 6.04 Å². The number of benzene rings is 1. The minimum Gasteiger partial charge on any atom is -0.362 e. The number of rotatable bonds is 3. The van der Waals surface area contributed by atoms with E-state index in [1.54, 1.807) is 6.20 Å². The Bertz CT molecular complexity index is 442. The van der Waals surface area contributed by atoms with Crippen molar-refractivity contribution in [2.75, 3.05) is 5.32 Å². The summed E-state index contributed by atoms with van der Waals surface area (Å²) >= 11 is 5.83. The van der Waals surface area contributed by atoms with Crippen LogP contribution in [0.5, 0.6) is 0 Å². The molecule has 0 aliphatic rings. The van der Waals surface area contributed by atoms with Gasteiger partial charge in [0.05, 0.1) is 6.04 Å². The summed E-state index contributed by atoms with van der Waals surface area (Å²) in [5, 5.41) is 11.8. The molecular weight excluding hydrogens is 222 g/mol. The molecule has 1 N–H and O–H groups in total. The molecule has 1 unspecified atom stereocenters. The second-order valence-electron chi connectivity index (χ2n) is 3.53. The van der Waals surface area contributed by atoms with E-state index in [1.165, 1.54) is 0 Å². The molecule has 1 aromatic carbocycles. The highest BCUT2D eigenvalue weighted by Gasteiger charge is 2.05. The van der Waals surface area contributed by atoms with E-state index in [1.807, 2.05) is 36.4 Å². The van der Waals surface area contributed by atoms with Crippen LogP contribution in [0.2, 0.25) is 5.02 Å². The molecule has 0 spiro atoms. The van der Waals surface area contributed by atoms with Gasteiger partial charge >= 0.3 is 0 Å². The number of hydrogen-bond acceptors (Lipinski definition) is 3. The van der Waals surface area contributed by atoms with Crippen molar-refractivity contribution in [3.05, 3.63) is 53.2 Å². The van der Waals surface area contributed by atoms with Gasteiger partial charge in [0.1, 0.15) is 5.82 Å². The molecule has 1 aromatic heterocycles. The molecular formula is C12H12ClN3. The number of anilines is 1. The lowest BCUT2D eigenvalue weighted by atomic mass is 10.1. The van der Waals surface area contributed by atoms with Gasteiger partial charge < -0.3 is 5.32 Å². The van der Waals surface area contributed by atoms with E-state index in [0.29, 0.717) is 0 Å². The summed E-state index contributed by atoms with van der Waals surface area (Å²) in [6, 6.07) is 11.7. The van der Waals surface area contributed by atoms with Gasteiger partial charge in [-0.1, -0.05) is 23.7 Å². The van der Waals surface area contributed by atoms with E-state index < -0.39 is 0 Å². The SMILES string of the molecule is CC(Nc1cccnn1)c1ccc(Cl)cc1. The summed E-state index contributed by atoms with van der Waals surface area (Å²) in [7, 11) is 0. The number of aromatic nitrogens is 2. The monoisotopic (exact) mass is 233 g/mol. The van der Waals surface area contributed by atoms with Gasteiger partial charge in [-0.2, -0.15) is 5.10 Å². The molecule has 0 bridgehead atoms. The molecule has 0 saturated carbocycles. The summed E-state index contributed by atoms with van der Waals surface area (Å²) < 4.78 is 0. The average molecular weight is 234 g/mol. The van der Waals surface area contributed by atoms with Gasteiger partial charge in [0.25, 0.3) is 0 Å². The van der Waals surface area contributed by atoms with E-state index >= 15 is 0 Å². The topological polar surface area (TPSA) is 37.8 Å². The summed E-state index contributed by atoms with van der Waals surface area (Å²) in [5.74, 6) is 0.768. The van der Waals surface area contributed by atoms with Crippen LogP contribution < -0.4 is 5.32 Å². The molecule has 1 atom stereocenters. The zero-order valence-electron chi connectivity index (χ0n) is 8.89. The van der Waals surface area contributed by atoms with Gasteiger partial charge in [-0.3, -0.25) is 0 Å². The first kappa shape index (κ1) is 10.9. The Kier molecular flexibility index (Phi) is 3.37. The highest BCUT2D eigenvalue weighted by molar-refractivity contribution is 6.30. The molecule has 82 valence electrons. The average Bonchev–Trinajstić information content (AvgIpc) is 2.31. The molecule has 0 aliphatic carbocycles. The van der Waals surface area contributed by atoms with Crippen molar-refractivity contribution in [3.8, 4) is 0 Å². The molecule has 0 aliphatic heterocycles. The lowest BCUT2D eigenvalue weighted by Crippen LogP contribution is -2.07. The molecule has 2 aromatic rings. The number of nitrogens with one attached hydrogen (secondary N) is 1. The van der Waals surface area contributed by atoms with Gasteiger partial charge in [0.15, 0.2) is 0 Å². The van der Waals surface area contributed by atoms with E-state index in [9.17, 15) is 0 Å². The highest BCUT2D eigenvalue weighted by atomic mass is 35.5. The van der Waals surface area contributed by atoms with Crippen molar-refractivity contribution in [2.45, 2.75) is 13.0 Å². The number of halogens is 1. The molecule has 0 radical (unpaired) electrons. The molecule has 16 heavy (non-hydrogen) atoms. The van der Waals surface area contributed by atoms with Crippen LogP contribution in [0.15, 0.2) is 42.6 Å². The molecule has 0 amide bonds. The summed E-state index contributed by atoms with van der Waals surface area (Å²) in [4.78, 5) is 0. The minimum atomic E-state index is 0.175. The van der Waals surface area contributed by atoms with Crippen LogP contribution in [0.4, 0.5) is 5.82 Å². The van der Waals surface area contributed by atoms with Crippen molar-refractivity contribution in [1.82, 2.24) is 10.2 Å². The Morgan fingerprint density at radius 3 is 2.56 bits per heavy atom. The van der Waals surface area contributed by atoms with Crippen LogP contribution in [-0.2, 0) is 0 Å². The minimum absolute atomic E-state index is 0.175. The third-order valence-corrected chi connectivity index (χ3v) is 2.56. The van der Waals surface area contributed by atoms with Crippen molar-refractivity contribution < 1.29 is 0 Å². The summed E-state index contributed by atoms with van der Waals surface area (Å²) in [6.07, 6.45) is 1.65. The van der Waals surface area contributed by atoms with Crippen molar-refractivity contribution in [2.24, 2.45) is 0 Å². The third-order valence-electron chi connectivity index (χ3n) is 2.31. The predicted molar refractivity (Wildman–Crippen MR) is 65.5 cm³/mol. The van der Waals surface area contributed by atoms with Crippen LogP contribution in [0.25, 0.3) is 0 Å². The van der Waals surface area contributed by atoms with Gasteiger partial charge in [-0.05, 0) is 36.8 Å². The molecule has 0 fully saturated rings. The van der Waals surface area contributed by atoms with Gasteiger partial charge in [-0.25, -0.2) is 0 Å². The largest absolute Gasteiger partial charge is 0.362 e. The Morgan fingerprint density at radius 1 is 1.19 bits per heavy atom. The number of nitrogens with zero attached hydrogens (tertiary/aromatic N) is 2. The molecule has 2 rings (SSSR count). The van der Waals surface area contributed by atoms with Crippen LogP contribution in [0.1, 0.15) is 18.5 Å². The smallest absolute Gasteiger partial charge is 0.149 e. The Labute approximate surface area is 99.5 Å². The van der Waals surface area contributed by atoms with E-state index in [2.05, 4.69) is 22.4 Å². The zero-order valence-corrected chi connectivity index (χ0v) is 9.65. The zero-order chi connectivity index (χ0) is 11.4. The van der Waals surface area contributed by atoms with Crippen molar-refractivity contribution in [3.63, 3.8) is 0 Å². The Morgan fingerprint density at radius 2 is 1.94 bits per heavy atom. The fraction of sp³-hybridized carbons (Fsp3) is 0.167. The second kappa shape index (κ2) is 4.94. The fourth-order valence-electron chi connectivity index (χ4n) is 1.44. The first-order valence-corrected chi connectivity index (χ1v) is 5.43. The van der Waals surface area contributed by atoms with Gasteiger partial charge in [-0.15, -0.1) is 5.10 Å². The Balaban J connectivity index is 2.09. The lowest BCUT2D eigenvalue weighted by Gasteiger charge is -2.14. The quantitative estimate of drug-likeness (QED) is 0.884. The van der Waals surface area contributed by atoms with Gasteiger partial charge in [0.2, 0.25) is 0 Å². The lowest BCUT2D eigenvalue weighted by molar-refractivity contribution is 0.860. The standard InChI is InChI=1S/C12H12ClN3/c1-9(10-4-6-11(13)7-5-10)15-12-3-2-8-14-16-12/h2-9H,1H3,(H,15,16). The normalized spacial score (nSPS) is 12.1. The number of hydrogen-bond donors (Lipinski definition) is 1. The maximum Gasteiger partial charge on any atom is 0.149 e. The van der Waals surface area contributed by atoms with Gasteiger partial charge in [0, 0.05) is 11.2 Å². The fourth-order valence-corrected chi connectivity index (χ4v) is 1.56. The van der Waals surface area contributed by atoms with Crippen LogP contribution >= 0.6 is 11.6 Å². The first-order valence-electron chi connectivity index (χ1n) is 5.05. The Hall–Kier alpha value is -1.61. The van der Waals surface area contributed by atoms with Crippen molar-refractivity contribution >= 4 is 17.4 Å². The van der Waals surface area contributed by atoms with E-state index in [4.69, 9.17) is 11.6 Å². The predicted octanol–water partition coefficient (Wildman–Crippen LogP) is 3.30. The maximum absolute atomic E-state index is 5.83. The summed E-state index contributed by atoms with van der Waals surface area (Å²) in [6.45, 7) is 2.07. The van der Waals surface area contributed by atoms with Crippen LogP contribution in [0, 0.1) is 0 Å². The molecule has 0 saturated heterocycles. The molecule has 4 heteroatoms. The molecule has 1 heterocycles. The highest BCUT2D eigenvalue weighted by Crippen LogP contribution is 2.19. The van der Waals surface area contributed by atoms with E-state index in [0.717, 1.165) is 16.4 Å². The van der Waals surface area contributed by atoms with Crippen LogP contribution in [-0.4, -0.2) is 10.2 Å². The maximum atomic E-state index is 5.83. The third kappa shape index (κ3) is 2.70.